The molecular formula is C7H13F3O2. The van der Waals surface area contributed by atoms with Gasteiger partial charge in [0.2, 0.25) is 0 Å². The van der Waals surface area contributed by atoms with Crippen molar-refractivity contribution in [3.8, 4) is 0 Å². The molecule has 0 heterocycles. The fraction of sp³-hybridized carbons (Fsp3) is 1.00. The van der Waals surface area contributed by atoms with Gasteiger partial charge in [-0.15, -0.1) is 0 Å². The van der Waals surface area contributed by atoms with E-state index in [4.69, 9.17) is 9.84 Å². The largest absolute Gasteiger partial charge is 0.416 e. The molecule has 0 aliphatic carbocycles. The standard InChI is InChI=1S/C7H13F3O2/c1-3-5(2)12-4-6(11)7(8,9)10/h5-6,11H,3-4H2,1-2H3. The Labute approximate surface area is 69.3 Å². The lowest BCUT2D eigenvalue weighted by molar-refractivity contribution is -0.220. The predicted molar refractivity (Wildman–Crippen MR) is 37.8 cm³/mol. The Hall–Kier alpha value is -0.290. The minimum Gasteiger partial charge on any atom is -0.382 e. The summed E-state index contributed by atoms with van der Waals surface area (Å²) in [6.07, 6.45) is -6.56. The Balaban J connectivity index is 3.64. The summed E-state index contributed by atoms with van der Waals surface area (Å²) in [6.45, 7) is 2.77. The van der Waals surface area contributed by atoms with Crippen molar-refractivity contribution in [2.24, 2.45) is 0 Å². The normalized spacial score (nSPS) is 17.5. The summed E-state index contributed by atoms with van der Waals surface area (Å²) in [5.74, 6) is 0. The third-order valence-electron chi connectivity index (χ3n) is 1.49. The fourth-order valence-electron chi connectivity index (χ4n) is 0.468. The molecule has 0 fully saturated rings. The van der Waals surface area contributed by atoms with Crippen LogP contribution < -0.4 is 0 Å². The lowest BCUT2D eigenvalue weighted by atomic mass is 10.3. The monoisotopic (exact) mass is 186 g/mol. The molecule has 1 N–H and O–H groups in total. The van der Waals surface area contributed by atoms with E-state index in [0.717, 1.165) is 0 Å². The lowest BCUT2D eigenvalue weighted by Crippen LogP contribution is -2.34. The minimum atomic E-state index is -4.58. The molecule has 2 nitrogen and oxygen atoms in total. The van der Waals surface area contributed by atoms with E-state index in [1.807, 2.05) is 0 Å². The minimum absolute atomic E-state index is 0.248. The molecule has 0 radical (unpaired) electrons. The summed E-state index contributed by atoms with van der Waals surface area (Å²) in [7, 11) is 0. The molecule has 12 heavy (non-hydrogen) atoms. The molecule has 2 atom stereocenters. The van der Waals surface area contributed by atoms with Gasteiger partial charge in [0, 0.05) is 0 Å². The number of rotatable bonds is 4. The maximum absolute atomic E-state index is 11.7. The molecular weight excluding hydrogens is 173 g/mol. The van der Waals surface area contributed by atoms with Crippen molar-refractivity contribution in [2.75, 3.05) is 6.61 Å². The summed E-state index contributed by atoms with van der Waals surface area (Å²) in [6, 6.07) is 0. The highest BCUT2D eigenvalue weighted by Crippen LogP contribution is 2.20. The van der Waals surface area contributed by atoms with Crippen LogP contribution in [0.4, 0.5) is 13.2 Å². The molecule has 0 saturated carbocycles. The first-order valence-corrected chi connectivity index (χ1v) is 3.74. The van der Waals surface area contributed by atoms with E-state index in [1.165, 1.54) is 0 Å². The van der Waals surface area contributed by atoms with Crippen molar-refractivity contribution in [1.29, 1.82) is 0 Å². The van der Waals surface area contributed by atoms with E-state index in [1.54, 1.807) is 13.8 Å². The second-order valence-corrected chi connectivity index (χ2v) is 2.61. The highest BCUT2D eigenvalue weighted by Gasteiger charge is 2.38. The van der Waals surface area contributed by atoms with E-state index >= 15 is 0 Å². The molecule has 0 spiro atoms. The summed E-state index contributed by atoms with van der Waals surface area (Å²) in [4.78, 5) is 0. The van der Waals surface area contributed by atoms with Gasteiger partial charge in [-0.3, -0.25) is 0 Å². The molecule has 0 aromatic rings. The maximum atomic E-state index is 11.7. The third kappa shape index (κ3) is 4.56. The first-order chi connectivity index (χ1) is 5.38. The van der Waals surface area contributed by atoms with Crippen molar-refractivity contribution in [1.82, 2.24) is 0 Å². The molecule has 0 bridgehead atoms. The third-order valence-corrected chi connectivity index (χ3v) is 1.49. The Kier molecular flexibility index (Phi) is 4.55. The first kappa shape index (κ1) is 11.7. The number of ether oxygens (including phenoxy) is 1. The smallest absolute Gasteiger partial charge is 0.382 e. The number of alkyl halides is 3. The van der Waals surface area contributed by atoms with Crippen LogP contribution in [-0.2, 0) is 4.74 Å². The molecule has 0 amide bonds. The average molecular weight is 186 g/mol. The van der Waals surface area contributed by atoms with Crippen molar-refractivity contribution >= 4 is 0 Å². The molecule has 5 heteroatoms. The van der Waals surface area contributed by atoms with Gasteiger partial charge in [-0.1, -0.05) is 6.92 Å². The molecule has 74 valence electrons. The second-order valence-electron chi connectivity index (χ2n) is 2.61. The van der Waals surface area contributed by atoms with Gasteiger partial charge in [-0.2, -0.15) is 13.2 Å². The highest BCUT2D eigenvalue weighted by molar-refractivity contribution is 4.64. The van der Waals surface area contributed by atoms with Crippen LogP contribution in [0, 0.1) is 0 Å². The van der Waals surface area contributed by atoms with Crippen LogP contribution in [-0.4, -0.2) is 30.1 Å². The first-order valence-electron chi connectivity index (χ1n) is 3.74. The van der Waals surface area contributed by atoms with Crippen LogP contribution in [0.15, 0.2) is 0 Å². The SMILES string of the molecule is CCC(C)OCC(O)C(F)(F)F. The fourth-order valence-corrected chi connectivity index (χ4v) is 0.468. The van der Waals surface area contributed by atoms with E-state index < -0.39 is 18.9 Å². The average Bonchev–Trinajstić information content (AvgIpc) is 1.97. The summed E-state index contributed by atoms with van der Waals surface area (Å²) in [5, 5.41) is 8.48. The second kappa shape index (κ2) is 4.67. The molecule has 2 unspecified atom stereocenters. The molecule has 0 aromatic carbocycles. The molecule has 0 aliphatic heterocycles. The van der Waals surface area contributed by atoms with Crippen molar-refractivity contribution in [3.05, 3.63) is 0 Å². The molecule has 0 aliphatic rings. The number of aliphatic hydroxyl groups excluding tert-OH is 1. The van der Waals surface area contributed by atoms with Crippen LogP contribution in [0.3, 0.4) is 0 Å². The Morgan fingerprint density at radius 3 is 2.25 bits per heavy atom. The van der Waals surface area contributed by atoms with Crippen molar-refractivity contribution in [2.45, 2.75) is 38.7 Å². The van der Waals surface area contributed by atoms with Gasteiger partial charge in [0.25, 0.3) is 0 Å². The molecule has 0 aromatic heterocycles. The highest BCUT2D eigenvalue weighted by atomic mass is 19.4. The number of hydrogen-bond acceptors (Lipinski definition) is 2. The van der Waals surface area contributed by atoms with Crippen LogP contribution in [0.1, 0.15) is 20.3 Å². The van der Waals surface area contributed by atoms with Crippen LogP contribution in [0.2, 0.25) is 0 Å². The molecule has 0 saturated heterocycles. The predicted octanol–water partition coefficient (Wildman–Crippen LogP) is 1.72. The lowest BCUT2D eigenvalue weighted by Gasteiger charge is -2.17. The van der Waals surface area contributed by atoms with Gasteiger partial charge >= 0.3 is 6.18 Å². The summed E-state index contributed by atoms with van der Waals surface area (Å²) in [5.41, 5.74) is 0. The van der Waals surface area contributed by atoms with Crippen molar-refractivity contribution < 1.29 is 23.0 Å². The van der Waals surface area contributed by atoms with Crippen LogP contribution >= 0.6 is 0 Å². The van der Waals surface area contributed by atoms with Gasteiger partial charge in [0.05, 0.1) is 12.7 Å². The Morgan fingerprint density at radius 1 is 1.42 bits per heavy atom. The van der Waals surface area contributed by atoms with Crippen LogP contribution in [0.25, 0.3) is 0 Å². The topological polar surface area (TPSA) is 29.5 Å². The van der Waals surface area contributed by atoms with Crippen molar-refractivity contribution in [3.63, 3.8) is 0 Å². The zero-order chi connectivity index (χ0) is 9.78. The Morgan fingerprint density at radius 2 is 1.92 bits per heavy atom. The van der Waals surface area contributed by atoms with Gasteiger partial charge in [-0.25, -0.2) is 0 Å². The Bertz CT molecular complexity index is 124. The number of halogens is 3. The van der Waals surface area contributed by atoms with Gasteiger partial charge in [0.1, 0.15) is 0 Å². The van der Waals surface area contributed by atoms with E-state index in [0.29, 0.717) is 6.42 Å². The molecule has 0 rings (SSSR count). The van der Waals surface area contributed by atoms with E-state index in [9.17, 15) is 13.2 Å². The van der Waals surface area contributed by atoms with Gasteiger partial charge in [-0.05, 0) is 13.3 Å². The maximum Gasteiger partial charge on any atom is 0.416 e. The number of aliphatic hydroxyl groups is 1. The zero-order valence-corrected chi connectivity index (χ0v) is 7.06. The number of hydrogen-bond donors (Lipinski definition) is 1. The van der Waals surface area contributed by atoms with Crippen LogP contribution in [0.5, 0.6) is 0 Å². The zero-order valence-electron chi connectivity index (χ0n) is 7.06. The van der Waals surface area contributed by atoms with Gasteiger partial charge in [0.15, 0.2) is 6.10 Å². The van der Waals surface area contributed by atoms with E-state index in [2.05, 4.69) is 0 Å². The summed E-state index contributed by atoms with van der Waals surface area (Å²) >= 11 is 0. The van der Waals surface area contributed by atoms with Gasteiger partial charge < -0.3 is 9.84 Å². The quantitative estimate of drug-likeness (QED) is 0.724. The van der Waals surface area contributed by atoms with E-state index in [-0.39, 0.29) is 6.10 Å². The summed E-state index contributed by atoms with van der Waals surface area (Å²) < 4.78 is 39.7.